The quantitative estimate of drug-likeness (QED) is 0.371. The summed E-state index contributed by atoms with van der Waals surface area (Å²) in [5, 5.41) is 3.38. The van der Waals surface area contributed by atoms with Gasteiger partial charge in [-0.3, -0.25) is 9.89 Å². The molecule has 1 N–H and O–H groups in total. The second-order valence-corrected chi connectivity index (χ2v) is 6.67. The van der Waals surface area contributed by atoms with Crippen molar-refractivity contribution in [1.29, 1.82) is 0 Å². The lowest BCUT2D eigenvalue weighted by atomic mass is 10.2. The molecule has 148 valence electrons. The van der Waals surface area contributed by atoms with Crippen molar-refractivity contribution < 1.29 is 4.74 Å². The zero-order chi connectivity index (χ0) is 18.1. The van der Waals surface area contributed by atoms with Crippen LogP contribution < -0.4 is 10.1 Å². The van der Waals surface area contributed by atoms with E-state index < -0.39 is 0 Å². The predicted molar refractivity (Wildman–Crippen MR) is 120 cm³/mol. The fraction of sp³-hybridized carbons (Fsp3) is 0.632. The molecule has 1 heterocycles. The number of hydrogen-bond donors (Lipinski definition) is 1. The maximum absolute atomic E-state index is 5.79. The highest BCUT2D eigenvalue weighted by Gasteiger charge is 2.22. The Morgan fingerprint density at radius 3 is 2.69 bits per heavy atom. The van der Waals surface area contributed by atoms with Crippen LogP contribution in [0.5, 0.6) is 5.75 Å². The van der Waals surface area contributed by atoms with E-state index in [4.69, 9.17) is 9.73 Å². The van der Waals surface area contributed by atoms with Gasteiger partial charge in [-0.1, -0.05) is 18.2 Å². The second kappa shape index (κ2) is 12.3. The van der Waals surface area contributed by atoms with Crippen LogP contribution in [0, 0.1) is 0 Å². The molecule has 26 heavy (non-hydrogen) atoms. The van der Waals surface area contributed by atoms with E-state index in [1.807, 2.05) is 30.3 Å². The summed E-state index contributed by atoms with van der Waals surface area (Å²) in [5.74, 6) is 1.85. The van der Waals surface area contributed by atoms with Crippen LogP contribution in [0.3, 0.4) is 0 Å². The number of halogens is 1. The number of likely N-dealkylation sites (N-methyl/N-ethyl adjacent to an activating group) is 3. The van der Waals surface area contributed by atoms with E-state index in [2.05, 4.69) is 48.1 Å². The molecule has 1 aromatic rings. The predicted octanol–water partition coefficient (Wildman–Crippen LogP) is 1.83. The molecule has 0 spiro atoms. The summed E-state index contributed by atoms with van der Waals surface area (Å²) in [6, 6.07) is 10.4. The molecule has 0 amide bonds. The van der Waals surface area contributed by atoms with Gasteiger partial charge in [0, 0.05) is 39.3 Å². The van der Waals surface area contributed by atoms with Gasteiger partial charge in [0.2, 0.25) is 0 Å². The number of aliphatic imine (C=N–C) groups is 1. The molecular formula is C19H34IN5O. The maximum atomic E-state index is 5.79. The molecule has 1 unspecified atom stereocenters. The molecule has 1 aromatic carbocycles. The highest BCUT2D eigenvalue weighted by Crippen LogP contribution is 2.08. The van der Waals surface area contributed by atoms with Crippen LogP contribution in [0.4, 0.5) is 0 Å². The molecular weight excluding hydrogens is 441 g/mol. The molecule has 0 saturated carbocycles. The van der Waals surface area contributed by atoms with E-state index in [1.54, 1.807) is 0 Å². The van der Waals surface area contributed by atoms with Crippen molar-refractivity contribution in [3.8, 4) is 5.75 Å². The van der Waals surface area contributed by atoms with Crippen molar-refractivity contribution in [2.24, 2.45) is 4.99 Å². The van der Waals surface area contributed by atoms with E-state index in [1.165, 1.54) is 0 Å². The lowest BCUT2D eigenvalue weighted by Gasteiger charge is -2.37. The second-order valence-electron chi connectivity index (χ2n) is 6.67. The minimum Gasteiger partial charge on any atom is -0.492 e. The van der Waals surface area contributed by atoms with Gasteiger partial charge in [0.1, 0.15) is 12.4 Å². The number of benzene rings is 1. The molecule has 0 bridgehead atoms. The van der Waals surface area contributed by atoms with Crippen LogP contribution in [0.2, 0.25) is 0 Å². The first kappa shape index (κ1) is 23.0. The number of nitrogens with one attached hydrogen (secondary N) is 1. The third kappa shape index (κ3) is 7.67. The van der Waals surface area contributed by atoms with Crippen LogP contribution in [-0.4, -0.2) is 93.7 Å². The minimum atomic E-state index is 0. The molecule has 0 radical (unpaired) electrons. The Bertz CT molecular complexity index is 528. The van der Waals surface area contributed by atoms with Crippen LogP contribution in [0.15, 0.2) is 35.3 Å². The van der Waals surface area contributed by atoms with Gasteiger partial charge >= 0.3 is 0 Å². The topological polar surface area (TPSA) is 43.3 Å². The minimum absolute atomic E-state index is 0. The third-order valence-corrected chi connectivity index (χ3v) is 4.57. The van der Waals surface area contributed by atoms with Crippen molar-refractivity contribution in [3.05, 3.63) is 30.3 Å². The van der Waals surface area contributed by atoms with E-state index in [0.717, 1.165) is 51.0 Å². The van der Waals surface area contributed by atoms with Crippen LogP contribution >= 0.6 is 24.0 Å². The van der Waals surface area contributed by atoms with Gasteiger partial charge in [-0.05, 0) is 33.2 Å². The third-order valence-electron chi connectivity index (χ3n) is 4.57. The standard InChI is InChI=1S/C19H33N5O.HI/c1-5-20-19(21-15-17-16-22(2)11-12-23(17)3)24(4)13-14-25-18-9-7-6-8-10-18;/h6-10,17H,5,11-16H2,1-4H3,(H,20,21);1H. The molecule has 1 aliphatic heterocycles. The highest BCUT2D eigenvalue weighted by atomic mass is 127. The number of guanidine groups is 1. The Morgan fingerprint density at radius 1 is 1.27 bits per heavy atom. The Morgan fingerprint density at radius 2 is 2.00 bits per heavy atom. The van der Waals surface area contributed by atoms with Crippen molar-refractivity contribution in [3.63, 3.8) is 0 Å². The summed E-state index contributed by atoms with van der Waals surface area (Å²) >= 11 is 0. The number of ether oxygens (including phenoxy) is 1. The summed E-state index contributed by atoms with van der Waals surface area (Å²) < 4.78 is 5.79. The normalized spacial score (nSPS) is 18.9. The number of piperazine rings is 1. The zero-order valence-corrected chi connectivity index (χ0v) is 18.8. The van der Waals surface area contributed by atoms with Crippen LogP contribution in [0.1, 0.15) is 6.92 Å². The van der Waals surface area contributed by atoms with Crippen LogP contribution in [-0.2, 0) is 0 Å². The Kier molecular flexibility index (Phi) is 10.9. The fourth-order valence-electron chi connectivity index (χ4n) is 2.88. The fourth-order valence-corrected chi connectivity index (χ4v) is 2.88. The van der Waals surface area contributed by atoms with Crippen molar-refractivity contribution >= 4 is 29.9 Å². The molecule has 0 aromatic heterocycles. The van der Waals surface area contributed by atoms with Gasteiger partial charge in [0.25, 0.3) is 0 Å². The number of para-hydroxylation sites is 1. The molecule has 2 rings (SSSR count). The zero-order valence-electron chi connectivity index (χ0n) is 16.5. The lowest BCUT2D eigenvalue weighted by molar-refractivity contribution is 0.119. The average Bonchev–Trinajstić information content (AvgIpc) is 2.62. The van der Waals surface area contributed by atoms with Crippen molar-refractivity contribution in [1.82, 2.24) is 20.0 Å². The number of nitrogens with zero attached hydrogens (tertiary/aromatic N) is 4. The SMILES string of the molecule is CCNC(=NCC1CN(C)CCN1C)N(C)CCOc1ccccc1.I. The van der Waals surface area contributed by atoms with Gasteiger partial charge in [-0.15, -0.1) is 24.0 Å². The number of rotatable bonds is 7. The van der Waals surface area contributed by atoms with Gasteiger partial charge in [0.15, 0.2) is 5.96 Å². The summed E-state index contributed by atoms with van der Waals surface area (Å²) in [4.78, 5) is 11.8. The first-order valence-corrected chi connectivity index (χ1v) is 9.16. The molecule has 0 aliphatic carbocycles. The molecule has 1 atom stereocenters. The van der Waals surface area contributed by atoms with Gasteiger partial charge in [-0.25, -0.2) is 0 Å². The first-order valence-electron chi connectivity index (χ1n) is 9.16. The van der Waals surface area contributed by atoms with Crippen molar-refractivity contribution in [2.45, 2.75) is 13.0 Å². The monoisotopic (exact) mass is 475 g/mol. The Balaban J connectivity index is 0.00000338. The smallest absolute Gasteiger partial charge is 0.193 e. The van der Waals surface area contributed by atoms with Gasteiger partial charge < -0.3 is 19.9 Å². The van der Waals surface area contributed by atoms with E-state index in [9.17, 15) is 0 Å². The molecule has 1 saturated heterocycles. The lowest BCUT2D eigenvalue weighted by Crippen LogP contribution is -2.51. The first-order chi connectivity index (χ1) is 12.1. The largest absolute Gasteiger partial charge is 0.492 e. The maximum Gasteiger partial charge on any atom is 0.193 e. The summed E-state index contributed by atoms with van der Waals surface area (Å²) in [6.07, 6.45) is 0. The highest BCUT2D eigenvalue weighted by molar-refractivity contribution is 14.0. The average molecular weight is 475 g/mol. The molecule has 6 nitrogen and oxygen atoms in total. The molecule has 1 aliphatic rings. The van der Waals surface area contributed by atoms with E-state index in [-0.39, 0.29) is 24.0 Å². The van der Waals surface area contributed by atoms with Crippen LogP contribution in [0.25, 0.3) is 0 Å². The summed E-state index contributed by atoms with van der Waals surface area (Å²) in [5.41, 5.74) is 0. The molecule has 1 fully saturated rings. The Labute approximate surface area is 175 Å². The van der Waals surface area contributed by atoms with Gasteiger partial charge in [-0.2, -0.15) is 0 Å². The van der Waals surface area contributed by atoms with Crippen molar-refractivity contribution in [2.75, 3.05) is 67.0 Å². The number of hydrogen-bond acceptors (Lipinski definition) is 4. The summed E-state index contributed by atoms with van der Waals surface area (Å²) in [6.45, 7) is 8.51. The van der Waals surface area contributed by atoms with Gasteiger partial charge in [0.05, 0.1) is 13.1 Å². The molecule has 7 heteroatoms. The van der Waals surface area contributed by atoms with E-state index in [0.29, 0.717) is 12.6 Å². The summed E-state index contributed by atoms with van der Waals surface area (Å²) in [7, 11) is 6.44. The van der Waals surface area contributed by atoms with E-state index >= 15 is 0 Å². The Hall–Kier alpha value is -1.06.